The average molecular weight is 296 g/mol. The smallest absolute Gasteiger partial charge is 0.266 e. The molecule has 2 atom stereocenters. The molecule has 6 nitrogen and oxygen atoms in total. The van der Waals surface area contributed by atoms with Crippen LogP contribution in [-0.2, 0) is 4.79 Å². The Hall–Kier alpha value is -1.47. The van der Waals surface area contributed by atoms with Crippen molar-refractivity contribution in [2.24, 2.45) is 11.5 Å². The lowest BCUT2D eigenvalue weighted by molar-refractivity contribution is -0.118. The maximum atomic E-state index is 12.7. The van der Waals surface area contributed by atoms with Crippen molar-refractivity contribution < 1.29 is 9.59 Å². The minimum Gasteiger partial charge on any atom is -0.370 e. The van der Waals surface area contributed by atoms with Crippen molar-refractivity contribution in [1.29, 1.82) is 0 Å². The normalized spacial score (nSPS) is 22.2. The number of rotatable bonds is 4. The molecule has 2 rings (SSSR count). The van der Waals surface area contributed by atoms with Crippen molar-refractivity contribution in [3.05, 3.63) is 15.6 Å². The van der Waals surface area contributed by atoms with Gasteiger partial charge < -0.3 is 16.4 Å². The van der Waals surface area contributed by atoms with Gasteiger partial charge in [-0.15, -0.1) is 11.3 Å². The molecule has 4 N–H and O–H groups in total. The summed E-state index contributed by atoms with van der Waals surface area (Å²) >= 11 is 1.38. The summed E-state index contributed by atoms with van der Waals surface area (Å²) in [5.74, 6) is -0.463. The van der Waals surface area contributed by atoms with Gasteiger partial charge in [0.1, 0.15) is 4.88 Å². The zero-order chi connectivity index (χ0) is 14.9. The SMILES string of the molecule is Cc1nc(C)c(C(=O)N2[C@H](CN)CC[C@@H]2CC(N)=O)s1. The Morgan fingerprint density at radius 1 is 1.35 bits per heavy atom. The van der Waals surface area contributed by atoms with E-state index in [9.17, 15) is 9.59 Å². The Labute approximate surface area is 122 Å². The van der Waals surface area contributed by atoms with Gasteiger partial charge in [0, 0.05) is 25.0 Å². The van der Waals surface area contributed by atoms with E-state index in [2.05, 4.69) is 4.98 Å². The number of likely N-dealkylation sites (tertiary alicyclic amines) is 1. The van der Waals surface area contributed by atoms with Crippen LogP contribution in [0.4, 0.5) is 0 Å². The second-order valence-electron chi connectivity index (χ2n) is 5.15. The third-order valence-electron chi connectivity index (χ3n) is 3.66. The van der Waals surface area contributed by atoms with Crippen LogP contribution in [0.5, 0.6) is 0 Å². The number of aryl methyl sites for hydroxylation is 2. The van der Waals surface area contributed by atoms with Gasteiger partial charge in [-0.1, -0.05) is 0 Å². The van der Waals surface area contributed by atoms with E-state index in [1.54, 1.807) is 4.90 Å². The Bertz CT molecular complexity index is 528. The molecule has 1 aliphatic heterocycles. The van der Waals surface area contributed by atoms with Crippen LogP contribution in [0.25, 0.3) is 0 Å². The molecule has 0 saturated carbocycles. The highest BCUT2D eigenvalue weighted by Gasteiger charge is 2.38. The first kappa shape index (κ1) is 14.9. The zero-order valence-corrected chi connectivity index (χ0v) is 12.6. The van der Waals surface area contributed by atoms with E-state index in [1.807, 2.05) is 13.8 Å². The van der Waals surface area contributed by atoms with Crippen molar-refractivity contribution in [2.45, 2.75) is 45.2 Å². The summed E-state index contributed by atoms with van der Waals surface area (Å²) in [6.07, 6.45) is 1.78. The largest absolute Gasteiger partial charge is 0.370 e. The monoisotopic (exact) mass is 296 g/mol. The van der Waals surface area contributed by atoms with Crippen LogP contribution in [0.2, 0.25) is 0 Å². The highest BCUT2D eigenvalue weighted by molar-refractivity contribution is 7.13. The summed E-state index contributed by atoms with van der Waals surface area (Å²) in [5, 5.41) is 0.862. The lowest BCUT2D eigenvalue weighted by Crippen LogP contribution is -2.45. The molecule has 0 unspecified atom stereocenters. The van der Waals surface area contributed by atoms with E-state index in [-0.39, 0.29) is 30.3 Å². The second-order valence-corrected chi connectivity index (χ2v) is 6.35. The van der Waals surface area contributed by atoms with Gasteiger partial charge in [0.2, 0.25) is 5.91 Å². The van der Waals surface area contributed by atoms with Crippen molar-refractivity contribution in [2.75, 3.05) is 6.54 Å². The lowest BCUT2D eigenvalue weighted by Gasteiger charge is -2.29. The predicted molar refractivity (Wildman–Crippen MR) is 77.4 cm³/mol. The molecule has 2 heterocycles. The number of carbonyl (C=O) groups is 2. The number of thiazole rings is 1. The zero-order valence-electron chi connectivity index (χ0n) is 11.8. The van der Waals surface area contributed by atoms with Crippen LogP contribution in [0, 0.1) is 13.8 Å². The Kier molecular flexibility index (Phi) is 4.39. The topological polar surface area (TPSA) is 102 Å². The summed E-state index contributed by atoms with van der Waals surface area (Å²) in [7, 11) is 0. The maximum Gasteiger partial charge on any atom is 0.266 e. The molecule has 1 aliphatic rings. The molecule has 0 radical (unpaired) electrons. The Balaban J connectivity index is 2.27. The molecule has 0 aliphatic carbocycles. The van der Waals surface area contributed by atoms with Gasteiger partial charge in [-0.05, 0) is 26.7 Å². The van der Waals surface area contributed by atoms with Gasteiger partial charge in [-0.25, -0.2) is 4.98 Å². The quantitative estimate of drug-likeness (QED) is 0.847. The number of amides is 2. The number of aromatic nitrogens is 1. The van der Waals surface area contributed by atoms with Crippen molar-refractivity contribution in [3.8, 4) is 0 Å². The Morgan fingerprint density at radius 2 is 2.00 bits per heavy atom. The van der Waals surface area contributed by atoms with Gasteiger partial charge in [-0.3, -0.25) is 9.59 Å². The summed E-state index contributed by atoms with van der Waals surface area (Å²) in [6.45, 7) is 4.10. The van der Waals surface area contributed by atoms with E-state index in [1.165, 1.54) is 11.3 Å². The molecular weight excluding hydrogens is 276 g/mol. The summed E-state index contributed by atoms with van der Waals surface area (Å²) in [6, 6.07) is -0.163. The third kappa shape index (κ3) is 2.83. The average Bonchev–Trinajstić information content (AvgIpc) is 2.91. The van der Waals surface area contributed by atoms with E-state index in [4.69, 9.17) is 11.5 Å². The molecule has 1 saturated heterocycles. The first-order valence-electron chi connectivity index (χ1n) is 6.69. The highest BCUT2D eigenvalue weighted by Crippen LogP contribution is 2.30. The maximum absolute atomic E-state index is 12.7. The van der Waals surface area contributed by atoms with Gasteiger partial charge in [0.15, 0.2) is 0 Å². The second kappa shape index (κ2) is 5.88. The van der Waals surface area contributed by atoms with E-state index in [0.29, 0.717) is 11.4 Å². The first-order valence-corrected chi connectivity index (χ1v) is 7.50. The number of carbonyl (C=O) groups excluding carboxylic acids is 2. The van der Waals surface area contributed by atoms with Gasteiger partial charge in [0.05, 0.1) is 10.7 Å². The van der Waals surface area contributed by atoms with Crippen LogP contribution in [0.3, 0.4) is 0 Å². The molecule has 0 aromatic carbocycles. The number of primary amides is 1. The van der Waals surface area contributed by atoms with Gasteiger partial charge in [-0.2, -0.15) is 0 Å². The molecule has 110 valence electrons. The fraction of sp³-hybridized carbons (Fsp3) is 0.615. The minimum atomic E-state index is -0.386. The summed E-state index contributed by atoms with van der Waals surface area (Å²) in [4.78, 5) is 30.6. The summed E-state index contributed by atoms with van der Waals surface area (Å²) < 4.78 is 0. The molecule has 7 heteroatoms. The van der Waals surface area contributed by atoms with Crippen LogP contribution in [-0.4, -0.2) is 40.3 Å². The lowest BCUT2D eigenvalue weighted by atomic mass is 10.1. The standard InChI is InChI=1S/C13H20N4O2S/c1-7-12(20-8(2)16-7)13(19)17-9(5-11(15)18)3-4-10(17)6-14/h9-10H,3-6,14H2,1-2H3,(H2,15,18)/t9-,10+/m1/s1. The molecule has 20 heavy (non-hydrogen) atoms. The van der Waals surface area contributed by atoms with E-state index >= 15 is 0 Å². The van der Waals surface area contributed by atoms with Crippen LogP contribution < -0.4 is 11.5 Å². The predicted octanol–water partition coefficient (Wildman–Crippen LogP) is 0.567. The van der Waals surface area contributed by atoms with Gasteiger partial charge >= 0.3 is 0 Å². The van der Waals surface area contributed by atoms with Crippen LogP contribution in [0.1, 0.15) is 39.6 Å². The number of hydrogen-bond donors (Lipinski definition) is 2. The first-order chi connectivity index (χ1) is 9.43. The van der Waals surface area contributed by atoms with Crippen molar-refractivity contribution in [3.63, 3.8) is 0 Å². The van der Waals surface area contributed by atoms with E-state index in [0.717, 1.165) is 23.5 Å². The fourth-order valence-corrected chi connectivity index (χ4v) is 3.67. The molecule has 0 bridgehead atoms. The molecule has 1 fully saturated rings. The minimum absolute atomic E-state index is 0.0198. The molecular formula is C13H20N4O2S. The highest BCUT2D eigenvalue weighted by atomic mass is 32.1. The van der Waals surface area contributed by atoms with E-state index < -0.39 is 0 Å². The van der Waals surface area contributed by atoms with Crippen molar-refractivity contribution in [1.82, 2.24) is 9.88 Å². The number of nitrogens with two attached hydrogens (primary N) is 2. The van der Waals surface area contributed by atoms with Gasteiger partial charge in [0.25, 0.3) is 5.91 Å². The molecule has 1 aromatic rings. The van der Waals surface area contributed by atoms with Crippen LogP contribution in [0.15, 0.2) is 0 Å². The fourth-order valence-electron chi connectivity index (χ4n) is 2.80. The number of nitrogens with zero attached hydrogens (tertiary/aromatic N) is 2. The summed E-state index contributed by atoms with van der Waals surface area (Å²) in [5.41, 5.74) is 11.8. The number of hydrogen-bond acceptors (Lipinski definition) is 5. The molecule has 1 aromatic heterocycles. The molecule has 0 spiro atoms. The van der Waals surface area contributed by atoms with Crippen molar-refractivity contribution >= 4 is 23.2 Å². The Morgan fingerprint density at radius 3 is 2.50 bits per heavy atom. The third-order valence-corrected chi connectivity index (χ3v) is 4.72. The molecule has 2 amide bonds. The van der Waals surface area contributed by atoms with Crippen LogP contribution >= 0.6 is 11.3 Å².